The van der Waals surface area contributed by atoms with E-state index in [0.717, 1.165) is 4.57 Å². The molecule has 0 fully saturated rings. The lowest BCUT2D eigenvalue weighted by Gasteiger charge is -2.17. The average molecular weight is 522 g/mol. The van der Waals surface area contributed by atoms with Crippen molar-refractivity contribution in [1.29, 1.82) is 0 Å². The summed E-state index contributed by atoms with van der Waals surface area (Å²) in [6.07, 6.45) is 1.25. The van der Waals surface area contributed by atoms with Crippen LogP contribution in [0.4, 0.5) is 24.8 Å². The monoisotopic (exact) mass is 521 g/mol. The third-order valence-corrected chi connectivity index (χ3v) is 5.63. The smallest absolute Gasteiger partial charge is 0.355 e. The molecule has 0 bridgehead atoms. The van der Waals surface area contributed by atoms with Crippen molar-refractivity contribution < 1.29 is 20.6 Å². The zero-order chi connectivity index (χ0) is 27.3. The van der Waals surface area contributed by atoms with E-state index in [-0.39, 0.29) is 22.4 Å². The summed E-state index contributed by atoms with van der Waals surface area (Å²) < 4.78 is 65.1. The van der Waals surface area contributed by atoms with E-state index >= 15 is 0 Å². The molecule has 0 saturated carbocycles. The molecule has 0 saturated heterocycles. The lowest BCUT2D eigenvalue weighted by molar-refractivity contribution is 0.267. The van der Waals surface area contributed by atoms with Gasteiger partial charge >= 0.3 is 11.4 Å². The predicted molar refractivity (Wildman–Crippen MR) is 124 cm³/mol. The summed E-state index contributed by atoms with van der Waals surface area (Å²) in [6.45, 7) is -2.46. The standard InChI is InChI=1S/C22H17ClF3N7O3/c1-31-6-12-3-19(14(23)4-18(12)30-31)28-20-29-21(34)33(8-13-9-36-10-27-13)22(35)32(20)7-11-2-16(25)17(26)5-15(11)24/h2-6,9,27H,7-8,10H2,1H3,(H,28,29,34)/i9D,10D. The number of nitrogens with zero attached hydrogens (tertiary/aromatic N) is 5. The molecule has 0 aliphatic carbocycles. The van der Waals surface area contributed by atoms with Gasteiger partial charge in [-0.1, -0.05) is 11.6 Å². The van der Waals surface area contributed by atoms with E-state index in [0.29, 0.717) is 27.6 Å². The Morgan fingerprint density at radius 1 is 1.17 bits per heavy atom. The normalized spacial score (nSPS) is 16.1. The number of aromatic nitrogens is 5. The highest BCUT2D eigenvalue weighted by Crippen LogP contribution is 2.29. The van der Waals surface area contributed by atoms with Crippen LogP contribution < -0.4 is 22.0 Å². The Labute approximate surface area is 208 Å². The van der Waals surface area contributed by atoms with E-state index in [9.17, 15) is 22.8 Å². The highest BCUT2D eigenvalue weighted by atomic mass is 35.5. The van der Waals surface area contributed by atoms with Crippen LogP contribution in [0.1, 0.15) is 8.30 Å². The molecule has 1 aliphatic rings. The van der Waals surface area contributed by atoms with Crippen molar-refractivity contribution in [3.63, 3.8) is 0 Å². The van der Waals surface area contributed by atoms with Crippen molar-refractivity contribution in [2.24, 2.45) is 7.05 Å². The quantitative estimate of drug-likeness (QED) is 0.375. The Bertz CT molecular complexity index is 1760. The molecular formula is C22H17ClF3N7O3. The summed E-state index contributed by atoms with van der Waals surface area (Å²) in [5.41, 5.74) is -1.70. The van der Waals surface area contributed by atoms with Crippen LogP contribution in [0.3, 0.4) is 0 Å². The number of anilines is 2. The SMILES string of the molecule is [2H]C1=C(Cn2c(=O)nc(Nc3cc4cn(C)nc4cc3Cl)n(Cc3cc(F)c(F)cc3F)c2=O)NC([2H])O1. The van der Waals surface area contributed by atoms with Gasteiger partial charge in [0.05, 0.1) is 36.4 Å². The summed E-state index contributed by atoms with van der Waals surface area (Å²) in [5, 5.41) is 10.4. The van der Waals surface area contributed by atoms with Crippen molar-refractivity contribution in [1.82, 2.24) is 29.2 Å². The number of benzene rings is 2. The van der Waals surface area contributed by atoms with Gasteiger partial charge in [-0.2, -0.15) is 10.1 Å². The van der Waals surface area contributed by atoms with Crippen LogP contribution in [0.2, 0.25) is 5.02 Å². The fourth-order valence-electron chi connectivity index (χ4n) is 3.61. The van der Waals surface area contributed by atoms with Crippen molar-refractivity contribution in [3.8, 4) is 0 Å². The molecule has 14 heteroatoms. The van der Waals surface area contributed by atoms with Crippen LogP contribution in [0.15, 0.2) is 52.0 Å². The number of allylic oxidation sites excluding steroid dienone is 1. The zero-order valence-electron chi connectivity index (χ0n) is 20.4. The van der Waals surface area contributed by atoms with Crippen molar-refractivity contribution in [2.75, 3.05) is 12.0 Å². The van der Waals surface area contributed by atoms with E-state index in [1.807, 2.05) is 0 Å². The molecule has 4 aromatic rings. The molecule has 3 heterocycles. The maximum Gasteiger partial charge on any atom is 0.355 e. The number of ether oxygens (including phenoxy) is 1. The highest BCUT2D eigenvalue weighted by molar-refractivity contribution is 6.34. The third-order valence-electron chi connectivity index (χ3n) is 5.31. The molecule has 1 aliphatic heterocycles. The van der Waals surface area contributed by atoms with E-state index in [1.54, 1.807) is 30.1 Å². The van der Waals surface area contributed by atoms with E-state index in [2.05, 4.69) is 20.7 Å². The first-order valence-electron chi connectivity index (χ1n) is 11.4. The van der Waals surface area contributed by atoms with Gasteiger partial charge in [0.1, 0.15) is 13.4 Å². The summed E-state index contributed by atoms with van der Waals surface area (Å²) in [7, 11) is 1.71. The van der Waals surface area contributed by atoms with E-state index in [1.165, 1.54) is 0 Å². The Balaban J connectivity index is 1.63. The van der Waals surface area contributed by atoms with Gasteiger partial charge in [-0.3, -0.25) is 9.25 Å². The van der Waals surface area contributed by atoms with Crippen molar-refractivity contribution in [3.05, 3.63) is 91.4 Å². The number of nitrogens with one attached hydrogen (secondary N) is 2. The molecule has 0 spiro atoms. The first-order chi connectivity index (χ1) is 18.0. The number of rotatable bonds is 6. The largest absolute Gasteiger partial charge is 0.479 e. The Morgan fingerprint density at radius 3 is 2.69 bits per heavy atom. The summed E-state index contributed by atoms with van der Waals surface area (Å²) in [5.74, 6) is -4.25. The van der Waals surface area contributed by atoms with Crippen molar-refractivity contribution in [2.45, 2.75) is 13.1 Å². The molecule has 186 valence electrons. The fourth-order valence-corrected chi connectivity index (χ4v) is 3.82. The van der Waals surface area contributed by atoms with Crippen LogP contribution in [-0.4, -0.2) is 30.6 Å². The van der Waals surface area contributed by atoms with Gasteiger partial charge in [0, 0.05) is 30.3 Å². The molecule has 10 nitrogen and oxygen atoms in total. The third kappa shape index (κ3) is 4.40. The molecule has 2 aromatic carbocycles. The first-order valence-corrected chi connectivity index (χ1v) is 10.7. The highest BCUT2D eigenvalue weighted by Gasteiger charge is 2.20. The lowest BCUT2D eigenvalue weighted by Crippen LogP contribution is -2.43. The number of halogens is 4. The molecule has 1 atom stereocenters. The average Bonchev–Trinajstić information content (AvgIpc) is 3.36. The zero-order valence-corrected chi connectivity index (χ0v) is 19.1. The Morgan fingerprint density at radius 2 is 1.94 bits per heavy atom. The number of fused-ring (bicyclic) bond motifs is 1. The topological polar surface area (TPSA) is 108 Å². The van der Waals surface area contributed by atoms with Gasteiger partial charge in [-0.05, 0) is 18.2 Å². The summed E-state index contributed by atoms with van der Waals surface area (Å²) in [6, 6.07) is 4.07. The second kappa shape index (κ2) is 9.07. The molecule has 36 heavy (non-hydrogen) atoms. The molecule has 2 N–H and O–H groups in total. The predicted octanol–water partition coefficient (Wildman–Crippen LogP) is 2.57. The van der Waals surface area contributed by atoms with Gasteiger partial charge in [-0.15, -0.1) is 0 Å². The molecule has 5 rings (SSSR count). The molecule has 1 unspecified atom stereocenters. The molecular weight excluding hydrogens is 503 g/mol. The minimum atomic E-state index is -1.41. The van der Waals surface area contributed by atoms with Gasteiger partial charge in [0.25, 0.3) is 0 Å². The minimum absolute atomic E-state index is 0.0395. The summed E-state index contributed by atoms with van der Waals surface area (Å²) in [4.78, 5) is 30.2. The fraction of sp³-hybridized carbons (Fsp3) is 0.182. The second-order valence-corrected chi connectivity index (χ2v) is 8.22. The van der Waals surface area contributed by atoms with Crippen LogP contribution in [0.5, 0.6) is 0 Å². The van der Waals surface area contributed by atoms with Crippen LogP contribution in [0.25, 0.3) is 10.9 Å². The second-order valence-electron chi connectivity index (χ2n) is 7.81. The molecule has 0 radical (unpaired) electrons. The maximum atomic E-state index is 14.5. The van der Waals surface area contributed by atoms with Crippen LogP contribution >= 0.6 is 11.6 Å². The molecule has 2 aromatic heterocycles. The number of hydrogen-bond donors (Lipinski definition) is 2. The lowest BCUT2D eigenvalue weighted by atomic mass is 10.2. The Kier molecular flexibility index (Phi) is 5.31. The van der Waals surface area contributed by atoms with Gasteiger partial charge in [-0.25, -0.2) is 27.3 Å². The van der Waals surface area contributed by atoms with Gasteiger partial charge in [0.2, 0.25) is 5.95 Å². The summed E-state index contributed by atoms with van der Waals surface area (Å²) >= 11 is 6.36. The van der Waals surface area contributed by atoms with E-state index in [4.69, 9.17) is 19.1 Å². The first kappa shape index (κ1) is 21.1. The maximum absolute atomic E-state index is 14.5. The van der Waals surface area contributed by atoms with Crippen LogP contribution in [0, 0.1) is 17.5 Å². The number of hydrogen-bond acceptors (Lipinski definition) is 7. The minimum Gasteiger partial charge on any atom is -0.479 e. The van der Waals surface area contributed by atoms with Gasteiger partial charge < -0.3 is 15.4 Å². The van der Waals surface area contributed by atoms with Gasteiger partial charge in [0.15, 0.2) is 18.3 Å². The number of aryl methyl sites for hydroxylation is 1. The van der Waals surface area contributed by atoms with E-state index < -0.39 is 60.4 Å². The van der Waals surface area contributed by atoms with Crippen molar-refractivity contribution >= 4 is 34.1 Å². The Hall–Kier alpha value is -4.26. The molecule has 0 amide bonds. The van der Waals surface area contributed by atoms with Crippen LogP contribution in [-0.2, 0) is 24.9 Å².